The molecule has 0 aromatic carbocycles. The summed E-state index contributed by atoms with van der Waals surface area (Å²) >= 11 is 0. The van der Waals surface area contributed by atoms with Crippen molar-refractivity contribution in [2.75, 3.05) is 33.0 Å². The highest BCUT2D eigenvalue weighted by Gasteiger charge is 2.65. The molecule has 0 radical (unpaired) electrons. The van der Waals surface area contributed by atoms with Crippen molar-refractivity contribution < 1.29 is 69.7 Å². The lowest BCUT2D eigenvalue weighted by Gasteiger charge is -2.49. The molecule has 2 rings (SSSR count). The SMILES string of the molecule is CCCCC(C[C@](O)(COCC)[C@@]1(CC(O)CO)OC(=O)C(O)=C1OCC(C)(C)O)C1O[C@H](CO)[C@@H](O)[C@H](O)[C@H]1O. The molecule has 0 aromatic rings. The molecule has 0 saturated carbocycles. The maximum atomic E-state index is 12.8. The predicted octanol–water partition coefficient (Wildman–Crippen LogP) is -1.61. The number of aliphatic hydroxyl groups excluding tert-OH is 7. The van der Waals surface area contributed by atoms with Gasteiger partial charge in [-0.3, -0.25) is 0 Å². The van der Waals surface area contributed by atoms with Crippen molar-refractivity contribution in [3.8, 4) is 0 Å². The summed E-state index contributed by atoms with van der Waals surface area (Å²) in [5, 5.41) is 95.0. The maximum absolute atomic E-state index is 12.8. The van der Waals surface area contributed by atoms with Crippen LogP contribution >= 0.6 is 0 Å². The van der Waals surface area contributed by atoms with E-state index >= 15 is 0 Å². The number of hydrogen-bond acceptors (Lipinski definition) is 14. The standard InChI is InChI=1S/C27H48O14/c1-5-7-8-15(22-20(33)19(32)18(31)17(12-29)40-22)9-26(37,14-38-6-2)27(10-16(30)11-28)23(21(34)24(35)41-27)39-13-25(3,4)36/h15-20,22,28-34,36-37H,5-14H2,1-4H3/t15?,16?,17-,18-,19+,20-,22?,26+,27+/m1/s1. The van der Waals surface area contributed by atoms with E-state index in [4.69, 9.17) is 18.9 Å². The van der Waals surface area contributed by atoms with Crippen molar-refractivity contribution in [3.63, 3.8) is 0 Å². The average Bonchev–Trinajstić information content (AvgIpc) is 3.16. The van der Waals surface area contributed by atoms with Gasteiger partial charge in [0, 0.05) is 13.0 Å². The molecule has 1 saturated heterocycles. The van der Waals surface area contributed by atoms with Crippen LogP contribution in [0.25, 0.3) is 0 Å². The van der Waals surface area contributed by atoms with E-state index in [1.54, 1.807) is 6.92 Å². The first-order chi connectivity index (χ1) is 19.1. The van der Waals surface area contributed by atoms with Crippen LogP contribution < -0.4 is 0 Å². The molecule has 0 amide bonds. The van der Waals surface area contributed by atoms with Gasteiger partial charge in [-0.05, 0) is 39.5 Å². The Labute approximate surface area is 239 Å². The van der Waals surface area contributed by atoms with E-state index in [-0.39, 0.29) is 19.4 Å². The molecule has 2 aliphatic heterocycles. The Kier molecular flexibility index (Phi) is 12.8. The number of carbonyl (C=O) groups excluding carboxylic acids is 1. The molecule has 41 heavy (non-hydrogen) atoms. The van der Waals surface area contributed by atoms with Gasteiger partial charge in [0.25, 0.3) is 0 Å². The Morgan fingerprint density at radius 1 is 1.05 bits per heavy atom. The molecular weight excluding hydrogens is 548 g/mol. The molecule has 1 fully saturated rings. The fourth-order valence-electron chi connectivity index (χ4n) is 5.41. The van der Waals surface area contributed by atoms with E-state index in [0.717, 1.165) is 0 Å². The molecule has 0 spiro atoms. The van der Waals surface area contributed by atoms with E-state index in [1.165, 1.54) is 13.8 Å². The number of aliphatic hydroxyl groups is 9. The van der Waals surface area contributed by atoms with Crippen molar-refractivity contribution in [2.45, 2.75) is 113 Å². The first-order valence-electron chi connectivity index (χ1n) is 14.0. The van der Waals surface area contributed by atoms with Crippen molar-refractivity contribution in [3.05, 3.63) is 11.5 Å². The molecule has 0 bridgehead atoms. The minimum absolute atomic E-state index is 0.0874. The van der Waals surface area contributed by atoms with Gasteiger partial charge in [0.1, 0.15) is 36.6 Å². The van der Waals surface area contributed by atoms with Crippen LogP contribution in [-0.2, 0) is 23.7 Å². The smallest absolute Gasteiger partial charge is 0.378 e. The third kappa shape index (κ3) is 8.07. The molecular formula is C27H48O14. The van der Waals surface area contributed by atoms with E-state index in [9.17, 15) is 50.8 Å². The first-order valence-corrected chi connectivity index (χ1v) is 14.0. The second-order valence-electron chi connectivity index (χ2n) is 11.6. The highest BCUT2D eigenvalue weighted by Crippen LogP contribution is 2.49. The number of esters is 1. The van der Waals surface area contributed by atoms with Gasteiger partial charge in [0.2, 0.25) is 11.4 Å². The van der Waals surface area contributed by atoms with E-state index < -0.39 is 110 Å². The summed E-state index contributed by atoms with van der Waals surface area (Å²) in [4.78, 5) is 12.8. The van der Waals surface area contributed by atoms with Gasteiger partial charge in [0.15, 0.2) is 5.76 Å². The molecule has 2 heterocycles. The summed E-state index contributed by atoms with van der Waals surface area (Å²) in [6, 6.07) is 0. The number of rotatable bonds is 17. The van der Waals surface area contributed by atoms with Crippen LogP contribution in [0.2, 0.25) is 0 Å². The second-order valence-corrected chi connectivity index (χ2v) is 11.6. The van der Waals surface area contributed by atoms with Crippen LogP contribution in [0, 0.1) is 5.92 Å². The minimum Gasteiger partial charge on any atom is -0.499 e. The number of cyclic esters (lactones) is 1. The topological polar surface area (TPSA) is 236 Å². The van der Waals surface area contributed by atoms with Crippen LogP contribution in [0.4, 0.5) is 0 Å². The van der Waals surface area contributed by atoms with Crippen molar-refractivity contribution in [1.82, 2.24) is 0 Å². The number of ether oxygens (including phenoxy) is 4. The van der Waals surface area contributed by atoms with Crippen molar-refractivity contribution >= 4 is 5.97 Å². The summed E-state index contributed by atoms with van der Waals surface area (Å²) in [5.74, 6) is -3.70. The lowest BCUT2D eigenvalue weighted by Crippen LogP contribution is -2.64. The lowest BCUT2D eigenvalue weighted by atomic mass is 9.70. The Morgan fingerprint density at radius 2 is 1.71 bits per heavy atom. The minimum atomic E-state index is -2.34. The van der Waals surface area contributed by atoms with E-state index in [1.807, 2.05) is 6.92 Å². The Bertz CT molecular complexity index is 873. The third-order valence-corrected chi connectivity index (χ3v) is 7.56. The molecule has 14 heteroatoms. The second kappa shape index (κ2) is 14.7. The van der Waals surface area contributed by atoms with Gasteiger partial charge in [-0.25, -0.2) is 4.79 Å². The van der Waals surface area contributed by atoms with Crippen LogP contribution in [0.15, 0.2) is 11.5 Å². The molecule has 0 aromatic heterocycles. The van der Waals surface area contributed by atoms with Gasteiger partial charge in [-0.2, -0.15) is 0 Å². The van der Waals surface area contributed by atoms with Crippen LogP contribution in [0.1, 0.15) is 59.8 Å². The van der Waals surface area contributed by atoms with E-state index in [0.29, 0.717) is 12.8 Å². The van der Waals surface area contributed by atoms with Crippen molar-refractivity contribution in [2.24, 2.45) is 5.92 Å². The average molecular weight is 597 g/mol. The largest absolute Gasteiger partial charge is 0.499 e. The van der Waals surface area contributed by atoms with Gasteiger partial charge in [-0.15, -0.1) is 0 Å². The quantitative estimate of drug-likeness (QED) is 0.0859. The van der Waals surface area contributed by atoms with Crippen LogP contribution in [-0.4, -0.2) is 138 Å². The van der Waals surface area contributed by atoms with Gasteiger partial charge >= 0.3 is 5.97 Å². The van der Waals surface area contributed by atoms with Gasteiger partial charge in [0.05, 0.1) is 37.6 Å². The molecule has 0 aliphatic carbocycles. The monoisotopic (exact) mass is 596 g/mol. The Balaban J connectivity index is 2.68. The molecule has 3 unspecified atom stereocenters. The molecule has 14 nitrogen and oxygen atoms in total. The zero-order chi connectivity index (χ0) is 31.2. The number of unbranched alkanes of at least 4 members (excludes halogenated alkanes) is 1. The Morgan fingerprint density at radius 3 is 2.24 bits per heavy atom. The summed E-state index contributed by atoms with van der Waals surface area (Å²) in [7, 11) is 0. The van der Waals surface area contributed by atoms with Gasteiger partial charge < -0.3 is 64.9 Å². The lowest BCUT2D eigenvalue weighted by molar-refractivity contribution is -0.254. The third-order valence-electron chi connectivity index (χ3n) is 7.56. The fourth-order valence-corrected chi connectivity index (χ4v) is 5.41. The van der Waals surface area contributed by atoms with Crippen LogP contribution in [0.5, 0.6) is 0 Å². The summed E-state index contributed by atoms with van der Waals surface area (Å²) < 4.78 is 22.6. The summed E-state index contributed by atoms with van der Waals surface area (Å²) in [6.07, 6.45) is -8.45. The normalized spacial score (nSPS) is 32.0. The first kappa shape index (κ1) is 35.6. The molecule has 240 valence electrons. The zero-order valence-corrected chi connectivity index (χ0v) is 24.2. The highest BCUT2D eigenvalue weighted by atomic mass is 16.6. The van der Waals surface area contributed by atoms with Crippen molar-refractivity contribution in [1.29, 1.82) is 0 Å². The summed E-state index contributed by atoms with van der Waals surface area (Å²) in [5.41, 5.74) is -6.11. The van der Waals surface area contributed by atoms with Gasteiger partial charge in [-0.1, -0.05) is 19.8 Å². The number of carbonyl (C=O) groups is 1. The van der Waals surface area contributed by atoms with E-state index in [2.05, 4.69) is 0 Å². The fraction of sp³-hybridized carbons (Fsp3) is 0.889. The molecule has 9 N–H and O–H groups in total. The number of hydrogen-bond donors (Lipinski definition) is 9. The highest BCUT2D eigenvalue weighted by molar-refractivity contribution is 5.90. The predicted molar refractivity (Wildman–Crippen MR) is 141 cm³/mol. The maximum Gasteiger partial charge on any atom is 0.378 e. The van der Waals surface area contributed by atoms with Crippen LogP contribution in [0.3, 0.4) is 0 Å². The zero-order valence-electron chi connectivity index (χ0n) is 24.2. The summed E-state index contributed by atoms with van der Waals surface area (Å²) in [6.45, 7) is 3.95. The molecule has 2 aliphatic rings. The molecule has 9 atom stereocenters. The Hall–Kier alpha value is -1.59.